The SMILES string of the molecule is COCc1ccc(C(Cl)C(=O)NC(C)C)cc1. The molecule has 1 N–H and O–H groups in total. The molecule has 0 fully saturated rings. The highest BCUT2D eigenvalue weighted by Gasteiger charge is 2.17. The molecule has 17 heavy (non-hydrogen) atoms. The van der Waals surface area contributed by atoms with E-state index in [0.717, 1.165) is 11.1 Å². The third kappa shape index (κ3) is 4.36. The summed E-state index contributed by atoms with van der Waals surface area (Å²) in [6, 6.07) is 7.63. The first-order valence-electron chi connectivity index (χ1n) is 5.56. The van der Waals surface area contributed by atoms with Crippen molar-refractivity contribution in [3.63, 3.8) is 0 Å². The van der Waals surface area contributed by atoms with Gasteiger partial charge in [-0.1, -0.05) is 24.3 Å². The van der Waals surface area contributed by atoms with Crippen molar-refractivity contribution in [3.8, 4) is 0 Å². The fourth-order valence-electron chi connectivity index (χ4n) is 1.46. The van der Waals surface area contributed by atoms with Crippen molar-refractivity contribution >= 4 is 17.5 Å². The van der Waals surface area contributed by atoms with Gasteiger partial charge in [0.15, 0.2) is 0 Å². The van der Waals surface area contributed by atoms with E-state index in [4.69, 9.17) is 16.3 Å². The molecule has 4 heteroatoms. The summed E-state index contributed by atoms with van der Waals surface area (Å²) < 4.78 is 5.02. The van der Waals surface area contributed by atoms with Gasteiger partial charge in [0, 0.05) is 13.2 Å². The molecule has 1 aromatic rings. The van der Waals surface area contributed by atoms with E-state index in [9.17, 15) is 4.79 Å². The second kappa shape index (κ2) is 6.62. The smallest absolute Gasteiger partial charge is 0.242 e. The van der Waals surface area contributed by atoms with Crippen LogP contribution in [0.2, 0.25) is 0 Å². The van der Waals surface area contributed by atoms with Crippen LogP contribution in [-0.2, 0) is 16.1 Å². The molecule has 1 atom stereocenters. The minimum absolute atomic E-state index is 0.0940. The quantitative estimate of drug-likeness (QED) is 0.822. The van der Waals surface area contributed by atoms with Crippen LogP contribution < -0.4 is 5.32 Å². The molecule has 0 aromatic heterocycles. The first-order valence-corrected chi connectivity index (χ1v) is 6.00. The van der Waals surface area contributed by atoms with Gasteiger partial charge in [0.1, 0.15) is 5.38 Å². The first kappa shape index (κ1) is 14.0. The third-order valence-electron chi connectivity index (χ3n) is 2.24. The minimum Gasteiger partial charge on any atom is -0.380 e. The lowest BCUT2D eigenvalue weighted by Crippen LogP contribution is -2.32. The Hall–Kier alpha value is -1.06. The van der Waals surface area contributed by atoms with Gasteiger partial charge in [-0.2, -0.15) is 0 Å². The monoisotopic (exact) mass is 255 g/mol. The van der Waals surface area contributed by atoms with Gasteiger partial charge in [-0.3, -0.25) is 4.79 Å². The average molecular weight is 256 g/mol. The number of methoxy groups -OCH3 is 1. The van der Waals surface area contributed by atoms with E-state index in [1.807, 2.05) is 38.1 Å². The topological polar surface area (TPSA) is 38.3 Å². The van der Waals surface area contributed by atoms with Gasteiger partial charge in [-0.25, -0.2) is 0 Å². The third-order valence-corrected chi connectivity index (χ3v) is 2.69. The van der Waals surface area contributed by atoms with E-state index in [0.29, 0.717) is 6.61 Å². The number of amides is 1. The van der Waals surface area contributed by atoms with Crippen LogP contribution in [0.4, 0.5) is 0 Å². The molecule has 0 radical (unpaired) electrons. The summed E-state index contributed by atoms with van der Waals surface area (Å²) in [6.07, 6.45) is 0. The van der Waals surface area contributed by atoms with Crippen molar-refractivity contribution in [1.29, 1.82) is 0 Å². The maximum absolute atomic E-state index is 11.7. The molecule has 0 saturated carbocycles. The van der Waals surface area contributed by atoms with Crippen LogP contribution in [0.5, 0.6) is 0 Å². The zero-order chi connectivity index (χ0) is 12.8. The molecule has 0 spiro atoms. The van der Waals surface area contributed by atoms with Crippen LogP contribution in [-0.4, -0.2) is 19.1 Å². The number of alkyl halides is 1. The predicted molar refractivity (Wildman–Crippen MR) is 69.0 cm³/mol. The van der Waals surface area contributed by atoms with Gasteiger partial charge < -0.3 is 10.1 Å². The van der Waals surface area contributed by atoms with Crippen molar-refractivity contribution in [1.82, 2.24) is 5.32 Å². The number of rotatable bonds is 5. The Morgan fingerprint density at radius 1 is 1.35 bits per heavy atom. The summed E-state index contributed by atoms with van der Waals surface area (Å²) in [7, 11) is 1.65. The Morgan fingerprint density at radius 2 is 1.94 bits per heavy atom. The molecule has 1 unspecified atom stereocenters. The Labute approximate surface area is 107 Å². The van der Waals surface area contributed by atoms with Gasteiger partial charge >= 0.3 is 0 Å². The van der Waals surface area contributed by atoms with Crippen LogP contribution in [0.15, 0.2) is 24.3 Å². The molecule has 1 rings (SSSR count). The van der Waals surface area contributed by atoms with Crippen molar-refractivity contribution < 1.29 is 9.53 Å². The van der Waals surface area contributed by atoms with Crippen LogP contribution in [0, 0.1) is 0 Å². The van der Waals surface area contributed by atoms with Crippen molar-refractivity contribution in [2.24, 2.45) is 0 Å². The van der Waals surface area contributed by atoms with Gasteiger partial charge in [-0.05, 0) is 25.0 Å². The molecule has 0 aliphatic rings. The van der Waals surface area contributed by atoms with Gasteiger partial charge in [0.05, 0.1) is 6.61 Å². The fraction of sp³-hybridized carbons (Fsp3) is 0.462. The molecule has 94 valence electrons. The largest absolute Gasteiger partial charge is 0.380 e. The summed E-state index contributed by atoms with van der Waals surface area (Å²) >= 11 is 6.09. The number of nitrogens with one attached hydrogen (secondary N) is 1. The van der Waals surface area contributed by atoms with E-state index in [1.54, 1.807) is 7.11 Å². The number of halogens is 1. The minimum atomic E-state index is -0.644. The standard InChI is InChI=1S/C13H18ClNO2/c1-9(2)15-13(16)12(14)11-6-4-10(5-7-11)8-17-3/h4-7,9,12H,8H2,1-3H3,(H,15,16). The number of hydrogen-bond donors (Lipinski definition) is 1. The summed E-state index contributed by atoms with van der Waals surface area (Å²) in [6.45, 7) is 4.37. The van der Waals surface area contributed by atoms with E-state index in [-0.39, 0.29) is 11.9 Å². The molecule has 1 amide bonds. The molecule has 0 aliphatic carbocycles. The Morgan fingerprint density at radius 3 is 2.41 bits per heavy atom. The van der Waals surface area contributed by atoms with Gasteiger partial charge in [-0.15, -0.1) is 11.6 Å². The highest BCUT2D eigenvalue weighted by atomic mass is 35.5. The summed E-state index contributed by atoms with van der Waals surface area (Å²) in [5.41, 5.74) is 1.86. The van der Waals surface area contributed by atoms with Crippen molar-refractivity contribution in [3.05, 3.63) is 35.4 Å². The molecule has 0 aliphatic heterocycles. The summed E-state index contributed by atoms with van der Waals surface area (Å²) in [5, 5.41) is 2.14. The van der Waals surface area contributed by atoms with Gasteiger partial charge in [0.2, 0.25) is 5.91 Å². The van der Waals surface area contributed by atoms with E-state index in [2.05, 4.69) is 5.32 Å². The lowest BCUT2D eigenvalue weighted by Gasteiger charge is -2.13. The molecule has 1 aromatic carbocycles. The Kier molecular flexibility index (Phi) is 5.45. The lowest BCUT2D eigenvalue weighted by molar-refractivity contribution is -0.121. The zero-order valence-corrected chi connectivity index (χ0v) is 11.1. The Balaban J connectivity index is 2.68. The van der Waals surface area contributed by atoms with Crippen LogP contribution in [0.1, 0.15) is 30.4 Å². The number of ether oxygens (including phenoxy) is 1. The highest BCUT2D eigenvalue weighted by molar-refractivity contribution is 6.30. The van der Waals surface area contributed by atoms with Gasteiger partial charge in [0.25, 0.3) is 0 Å². The number of carbonyl (C=O) groups excluding carboxylic acids is 1. The molecule has 0 saturated heterocycles. The number of hydrogen-bond acceptors (Lipinski definition) is 2. The maximum atomic E-state index is 11.7. The van der Waals surface area contributed by atoms with Crippen molar-refractivity contribution in [2.45, 2.75) is 31.9 Å². The zero-order valence-electron chi connectivity index (χ0n) is 10.4. The first-order chi connectivity index (χ1) is 8.04. The normalized spacial score (nSPS) is 12.5. The molecular weight excluding hydrogens is 238 g/mol. The summed E-state index contributed by atoms with van der Waals surface area (Å²) in [4.78, 5) is 11.7. The molecule has 0 bridgehead atoms. The highest BCUT2D eigenvalue weighted by Crippen LogP contribution is 2.21. The molecule has 3 nitrogen and oxygen atoms in total. The maximum Gasteiger partial charge on any atom is 0.242 e. The number of benzene rings is 1. The van der Waals surface area contributed by atoms with E-state index >= 15 is 0 Å². The second-order valence-electron chi connectivity index (χ2n) is 4.20. The molecule has 0 heterocycles. The lowest BCUT2D eigenvalue weighted by atomic mass is 10.1. The Bertz CT molecular complexity index is 362. The number of carbonyl (C=O) groups is 1. The summed E-state index contributed by atoms with van der Waals surface area (Å²) in [5.74, 6) is -0.166. The van der Waals surface area contributed by atoms with Crippen LogP contribution >= 0.6 is 11.6 Å². The second-order valence-corrected chi connectivity index (χ2v) is 4.64. The van der Waals surface area contributed by atoms with Crippen LogP contribution in [0.3, 0.4) is 0 Å². The van der Waals surface area contributed by atoms with Crippen LogP contribution in [0.25, 0.3) is 0 Å². The fourth-order valence-corrected chi connectivity index (χ4v) is 1.67. The van der Waals surface area contributed by atoms with E-state index in [1.165, 1.54) is 0 Å². The van der Waals surface area contributed by atoms with E-state index < -0.39 is 5.38 Å². The van der Waals surface area contributed by atoms with Crippen molar-refractivity contribution in [2.75, 3.05) is 7.11 Å². The predicted octanol–water partition coefficient (Wildman–Crippen LogP) is 2.64. The average Bonchev–Trinajstić information content (AvgIpc) is 2.28. The molecular formula is C13H18ClNO2.